The summed E-state index contributed by atoms with van der Waals surface area (Å²) >= 11 is 1.48. The highest BCUT2D eigenvalue weighted by Crippen LogP contribution is 2.31. The summed E-state index contributed by atoms with van der Waals surface area (Å²) in [6, 6.07) is 8.19. The van der Waals surface area contributed by atoms with Gasteiger partial charge in [0.2, 0.25) is 11.0 Å². The molecule has 0 bridgehead atoms. The van der Waals surface area contributed by atoms with Crippen LogP contribution in [0.15, 0.2) is 24.3 Å². The maximum Gasteiger partial charge on any atom is 0.231 e. The van der Waals surface area contributed by atoms with E-state index >= 15 is 0 Å². The lowest BCUT2D eigenvalue weighted by Crippen LogP contribution is -2.33. The van der Waals surface area contributed by atoms with Crippen LogP contribution in [0.25, 0.3) is 10.6 Å². The van der Waals surface area contributed by atoms with Gasteiger partial charge in [-0.1, -0.05) is 54.4 Å². The number of aryl methyl sites for hydroxylation is 1. The summed E-state index contributed by atoms with van der Waals surface area (Å²) in [4.78, 5) is 14.3. The monoisotopic (exact) mass is 315 g/mol. The van der Waals surface area contributed by atoms with Gasteiger partial charge in [-0.15, -0.1) is 10.2 Å². The highest BCUT2D eigenvalue weighted by molar-refractivity contribution is 7.18. The van der Waals surface area contributed by atoms with Gasteiger partial charge in [-0.25, -0.2) is 0 Å². The van der Waals surface area contributed by atoms with Crippen molar-refractivity contribution in [2.75, 3.05) is 11.9 Å². The van der Waals surface area contributed by atoms with Gasteiger partial charge in [-0.2, -0.15) is 0 Å². The largest absolute Gasteiger partial charge is 0.290 e. The van der Waals surface area contributed by atoms with E-state index in [1.165, 1.54) is 23.3 Å². The van der Waals surface area contributed by atoms with E-state index in [1.54, 1.807) is 4.90 Å². The molecule has 1 aliphatic rings. The van der Waals surface area contributed by atoms with Crippen molar-refractivity contribution in [2.24, 2.45) is 5.92 Å². The van der Waals surface area contributed by atoms with Crippen LogP contribution in [-0.2, 0) is 4.79 Å². The van der Waals surface area contributed by atoms with Crippen LogP contribution in [0.2, 0.25) is 0 Å². The molecule has 0 radical (unpaired) electrons. The van der Waals surface area contributed by atoms with Crippen LogP contribution >= 0.6 is 11.3 Å². The highest BCUT2D eigenvalue weighted by atomic mass is 32.1. The topological polar surface area (TPSA) is 46.1 Å². The second-order valence-corrected chi connectivity index (χ2v) is 6.95. The Hall–Kier alpha value is -1.75. The SMILES string of the molecule is Cc1cccc(-c2nnc(N(C)C(=O)C3CCCCC3)s2)c1. The van der Waals surface area contributed by atoms with Crippen molar-refractivity contribution in [1.82, 2.24) is 10.2 Å². The molecule has 0 aliphatic heterocycles. The molecular weight excluding hydrogens is 294 g/mol. The molecule has 1 saturated carbocycles. The van der Waals surface area contributed by atoms with Gasteiger partial charge in [0.1, 0.15) is 5.01 Å². The molecule has 0 atom stereocenters. The lowest BCUT2D eigenvalue weighted by atomic mass is 9.88. The Morgan fingerprint density at radius 2 is 2.00 bits per heavy atom. The first-order valence-electron chi connectivity index (χ1n) is 7.83. The Labute approximate surface area is 135 Å². The lowest BCUT2D eigenvalue weighted by Gasteiger charge is -2.24. The van der Waals surface area contributed by atoms with E-state index in [0.29, 0.717) is 5.13 Å². The van der Waals surface area contributed by atoms with Crippen molar-refractivity contribution in [2.45, 2.75) is 39.0 Å². The number of amides is 1. The normalized spacial score (nSPS) is 15.7. The van der Waals surface area contributed by atoms with Gasteiger partial charge in [0, 0.05) is 18.5 Å². The first-order valence-corrected chi connectivity index (χ1v) is 8.65. The Balaban J connectivity index is 1.76. The molecular formula is C17H21N3OS. The van der Waals surface area contributed by atoms with Crippen LogP contribution in [0.3, 0.4) is 0 Å². The van der Waals surface area contributed by atoms with Crippen LogP contribution in [0.5, 0.6) is 0 Å². The first kappa shape index (κ1) is 15.2. The van der Waals surface area contributed by atoms with Crippen LogP contribution in [0.4, 0.5) is 5.13 Å². The van der Waals surface area contributed by atoms with E-state index in [0.717, 1.165) is 36.3 Å². The number of anilines is 1. The van der Waals surface area contributed by atoms with E-state index in [4.69, 9.17) is 0 Å². The second kappa shape index (κ2) is 6.57. The summed E-state index contributed by atoms with van der Waals surface area (Å²) in [7, 11) is 1.82. The predicted molar refractivity (Wildman–Crippen MR) is 90.1 cm³/mol. The zero-order chi connectivity index (χ0) is 15.5. The van der Waals surface area contributed by atoms with Crippen molar-refractivity contribution in [3.05, 3.63) is 29.8 Å². The Morgan fingerprint density at radius 3 is 2.73 bits per heavy atom. The van der Waals surface area contributed by atoms with Gasteiger partial charge >= 0.3 is 0 Å². The fourth-order valence-corrected chi connectivity index (χ4v) is 3.77. The number of carbonyl (C=O) groups is 1. The summed E-state index contributed by atoms with van der Waals surface area (Å²) in [5.74, 6) is 0.344. The van der Waals surface area contributed by atoms with Crippen LogP contribution in [0, 0.1) is 12.8 Å². The summed E-state index contributed by atoms with van der Waals surface area (Å²) in [6.45, 7) is 2.06. The minimum atomic E-state index is 0.157. The molecule has 1 amide bonds. The molecule has 22 heavy (non-hydrogen) atoms. The first-order chi connectivity index (χ1) is 10.6. The van der Waals surface area contributed by atoms with Gasteiger partial charge in [0.15, 0.2) is 0 Å². The van der Waals surface area contributed by atoms with Crippen molar-refractivity contribution < 1.29 is 4.79 Å². The molecule has 0 N–H and O–H groups in total. The number of hydrogen-bond acceptors (Lipinski definition) is 4. The third-order valence-corrected chi connectivity index (χ3v) is 5.30. The molecule has 1 aromatic heterocycles. The van der Waals surface area contributed by atoms with Crippen molar-refractivity contribution in [3.8, 4) is 10.6 Å². The van der Waals surface area contributed by atoms with Gasteiger partial charge in [0.25, 0.3) is 0 Å². The van der Waals surface area contributed by atoms with E-state index in [9.17, 15) is 4.79 Å². The van der Waals surface area contributed by atoms with Crippen LogP contribution in [0.1, 0.15) is 37.7 Å². The quantitative estimate of drug-likeness (QED) is 0.858. The van der Waals surface area contributed by atoms with Gasteiger partial charge in [-0.3, -0.25) is 9.69 Å². The maximum absolute atomic E-state index is 12.6. The second-order valence-electron chi connectivity index (χ2n) is 5.99. The number of hydrogen-bond donors (Lipinski definition) is 0. The lowest BCUT2D eigenvalue weighted by molar-refractivity contribution is -0.123. The standard InChI is InChI=1S/C17H21N3OS/c1-12-7-6-10-14(11-12)15-18-19-17(22-15)20(2)16(21)13-8-4-3-5-9-13/h6-7,10-11,13H,3-5,8-9H2,1-2H3. The summed E-state index contributed by atoms with van der Waals surface area (Å²) in [6.07, 6.45) is 5.59. The molecule has 0 unspecified atom stereocenters. The molecule has 0 saturated heterocycles. The smallest absolute Gasteiger partial charge is 0.231 e. The number of aromatic nitrogens is 2. The Morgan fingerprint density at radius 1 is 1.23 bits per heavy atom. The zero-order valence-electron chi connectivity index (χ0n) is 13.1. The number of rotatable bonds is 3. The van der Waals surface area contributed by atoms with Crippen LogP contribution < -0.4 is 4.90 Å². The third kappa shape index (κ3) is 3.19. The predicted octanol–water partition coefficient (Wildman–Crippen LogP) is 4.06. The minimum absolute atomic E-state index is 0.157. The molecule has 3 rings (SSSR count). The Bertz CT molecular complexity index is 661. The molecule has 0 spiro atoms. The minimum Gasteiger partial charge on any atom is -0.290 e. The van der Waals surface area contributed by atoms with E-state index < -0.39 is 0 Å². The zero-order valence-corrected chi connectivity index (χ0v) is 13.9. The highest BCUT2D eigenvalue weighted by Gasteiger charge is 2.26. The molecule has 1 heterocycles. The Kier molecular flexibility index (Phi) is 4.52. The fraction of sp³-hybridized carbons (Fsp3) is 0.471. The molecule has 2 aromatic rings. The molecule has 1 aromatic carbocycles. The molecule has 116 valence electrons. The molecule has 1 aliphatic carbocycles. The average Bonchev–Trinajstić information content (AvgIpc) is 3.04. The van der Waals surface area contributed by atoms with Crippen LogP contribution in [-0.4, -0.2) is 23.2 Å². The third-order valence-electron chi connectivity index (χ3n) is 4.25. The van der Waals surface area contributed by atoms with E-state index in [2.05, 4.69) is 29.3 Å². The van der Waals surface area contributed by atoms with Crippen molar-refractivity contribution in [3.63, 3.8) is 0 Å². The number of benzene rings is 1. The number of nitrogens with zero attached hydrogens (tertiary/aromatic N) is 3. The molecule has 5 heteroatoms. The maximum atomic E-state index is 12.6. The molecule has 1 fully saturated rings. The average molecular weight is 315 g/mol. The van der Waals surface area contributed by atoms with Crippen molar-refractivity contribution in [1.29, 1.82) is 0 Å². The summed E-state index contributed by atoms with van der Waals surface area (Å²) in [5.41, 5.74) is 2.25. The van der Waals surface area contributed by atoms with Gasteiger partial charge < -0.3 is 0 Å². The van der Waals surface area contributed by atoms with Gasteiger partial charge in [-0.05, 0) is 25.8 Å². The van der Waals surface area contributed by atoms with E-state index in [1.807, 2.05) is 19.2 Å². The van der Waals surface area contributed by atoms with Crippen molar-refractivity contribution >= 4 is 22.4 Å². The summed E-state index contributed by atoms with van der Waals surface area (Å²) in [5, 5.41) is 10.0. The molecule has 4 nitrogen and oxygen atoms in total. The summed E-state index contributed by atoms with van der Waals surface area (Å²) < 4.78 is 0. The van der Waals surface area contributed by atoms with Gasteiger partial charge in [0.05, 0.1) is 0 Å². The number of carbonyl (C=O) groups excluding carboxylic acids is 1. The fourth-order valence-electron chi connectivity index (χ4n) is 2.96. The van der Waals surface area contributed by atoms with E-state index in [-0.39, 0.29) is 11.8 Å².